The van der Waals surface area contributed by atoms with E-state index >= 15 is 9.59 Å². The van der Waals surface area contributed by atoms with Gasteiger partial charge < -0.3 is 28.7 Å². The van der Waals surface area contributed by atoms with Crippen molar-refractivity contribution in [1.29, 1.82) is 0 Å². The van der Waals surface area contributed by atoms with Crippen molar-refractivity contribution >= 4 is 78.9 Å². The summed E-state index contributed by atoms with van der Waals surface area (Å²) in [4.78, 5) is 63.9. The number of para-hydroxylation sites is 6. The minimum Gasteiger partial charge on any atom is -0.457 e. The van der Waals surface area contributed by atoms with Crippen LogP contribution in [0.3, 0.4) is 0 Å². The number of hydrogen-bond acceptors (Lipinski definition) is 8. The second-order valence-electron chi connectivity index (χ2n) is 21.7. The monoisotopic (exact) mass is 1080 g/mol. The fraction of sp³-hybridized carbons (Fsp3) is 0.167. The Balaban J connectivity index is 1.40. The second kappa shape index (κ2) is 22.4. The van der Waals surface area contributed by atoms with Gasteiger partial charge in [0.25, 0.3) is 11.8 Å². The van der Waals surface area contributed by atoms with Crippen molar-refractivity contribution in [2.45, 2.75) is 66.2 Å². The molecule has 0 unspecified atom stereocenters. The molecular weight excluding hydrogens is 1020 g/mol. The fourth-order valence-corrected chi connectivity index (χ4v) is 11.6. The molecule has 0 spiro atoms. The summed E-state index contributed by atoms with van der Waals surface area (Å²) in [6, 6.07) is 55.7. The summed E-state index contributed by atoms with van der Waals surface area (Å²) >= 11 is 0. The number of benzene rings is 11. The second-order valence-corrected chi connectivity index (χ2v) is 21.7. The number of rotatable bonds is 17. The zero-order valence-electron chi connectivity index (χ0n) is 47.4. The van der Waals surface area contributed by atoms with E-state index in [1.54, 1.807) is 48.2 Å². The number of amides is 2. The highest BCUT2D eigenvalue weighted by molar-refractivity contribution is 6.42. The first-order valence-electron chi connectivity index (χ1n) is 27.6. The molecule has 0 radical (unpaired) electrons. The van der Waals surface area contributed by atoms with E-state index in [2.05, 4.69) is 53.7 Å². The molecule has 11 aromatic carbocycles. The van der Waals surface area contributed by atoms with E-state index in [0.29, 0.717) is 66.1 Å². The predicted molar refractivity (Wildman–Crippen MR) is 330 cm³/mol. The molecule has 0 bridgehead atoms. The lowest BCUT2D eigenvalue weighted by molar-refractivity contribution is 0.0986. The van der Waals surface area contributed by atoms with Crippen LogP contribution in [0.5, 0.6) is 46.0 Å². The van der Waals surface area contributed by atoms with Crippen LogP contribution in [0.4, 0.5) is 11.4 Å². The van der Waals surface area contributed by atoms with Crippen LogP contribution in [0.25, 0.3) is 43.1 Å². The van der Waals surface area contributed by atoms with Crippen LogP contribution < -0.4 is 28.7 Å². The van der Waals surface area contributed by atoms with Crippen LogP contribution in [0.2, 0.25) is 0 Å². The molecule has 11 aromatic rings. The molecule has 0 atom stereocenters. The van der Waals surface area contributed by atoms with Gasteiger partial charge in [-0.05, 0) is 120 Å². The summed E-state index contributed by atoms with van der Waals surface area (Å²) < 4.78 is 28.3. The summed E-state index contributed by atoms with van der Waals surface area (Å²) in [5.74, 6) is 2.01. The van der Waals surface area contributed by atoms with Crippen molar-refractivity contribution in [1.82, 2.24) is 0 Å². The zero-order valence-corrected chi connectivity index (χ0v) is 47.4. The summed E-state index contributed by atoms with van der Waals surface area (Å²) in [6.07, 6.45) is 1.48. The molecule has 2 amide bonds. The van der Waals surface area contributed by atoms with Crippen molar-refractivity contribution < 1.29 is 38.1 Å². The quantitative estimate of drug-likeness (QED) is 0.0504. The van der Waals surface area contributed by atoms with Gasteiger partial charge in [0.05, 0.1) is 16.8 Å². The van der Waals surface area contributed by atoms with Crippen LogP contribution in [0, 0.1) is 6.92 Å². The summed E-state index contributed by atoms with van der Waals surface area (Å²) in [7, 11) is 3.53. The van der Waals surface area contributed by atoms with Crippen molar-refractivity contribution in [2.24, 2.45) is 0 Å². The molecule has 408 valence electrons. The van der Waals surface area contributed by atoms with Gasteiger partial charge in [-0.1, -0.05) is 151 Å². The molecule has 0 aromatic heterocycles. The first-order valence-corrected chi connectivity index (χ1v) is 27.6. The minimum atomic E-state index is -0.411. The van der Waals surface area contributed by atoms with E-state index in [1.165, 1.54) is 0 Å². The van der Waals surface area contributed by atoms with Gasteiger partial charge in [0.1, 0.15) is 46.0 Å². The Labute approximate surface area is 477 Å². The van der Waals surface area contributed by atoms with E-state index < -0.39 is 11.8 Å². The van der Waals surface area contributed by atoms with Crippen LogP contribution >= 0.6 is 0 Å². The van der Waals surface area contributed by atoms with Gasteiger partial charge >= 0.3 is 0 Å². The number of nitrogens with zero attached hydrogens (tertiary/aromatic N) is 2. The van der Waals surface area contributed by atoms with E-state index in [0.717, 1.165) is 46.2 Å². The normalized spacial score (nSPS) is 11.5. The Morgan fingerprint density at radius 1 is 0.366 bits per heavy atom. The van der Waals surface area contributed by atoms with Gasteiger partial charge in [0, 0.05) is 74.0 Å². The topological polar surface area (TPSA) is 112 Å². The van der Waals surface area contributed by atoms with Crippen molar-refractivity contribution in [3.8, 4) is 46.0 Å². The van der Waals surface area contributed by atoms with Gasteiger partial charge in [0.2, 0.25) is 0 Å². The van der Waals surface area contributed by atoms with E-state index in [-0.39, 0.29) is 63.0 Å². The molecular formula is C72H62N2O8. The third kappa shape index (κ3) is 9.70. The molecule has 0 fully saturated rings. The Morgan fingerprint density at radius 2 is 0.659 bits per heavy atom. The van der Waals surface area contributed by atoms with E-state index in [4.69, 9.17) is 18.9 Å². The summed E-state index contributed by atoms with van der Waals surface area (Å²) in [5, 5.41) is 3.05. The average Bonchev–Trinajstić information content (AvgIpc) is 0.930. The number of aryl methyl sites for hydroxylation is 1. The minimum absolute atomic E-state index is 0.0466. The lowest BCUT2D eigenvalue weighted by Crippen LogP contribution is -2.29. The first-order chi connectivity index (χ1) is 39.7. The number of hydrogen-bond donors (Lipinski definition) is 0. The van der Waals surface area contributed by atoms with Gasteiger partial charge in [-0.25, -0.2) is 0 Å². The van der Waals surface area contributed by atoms with E-state index in [1.807, 2.05) is 153 Å². The number of carbonyl (C=O) groups is 4. The summed E-state index contributed by atoms with van der Waals surface area (Å²) in [5.41, 5.74) is 5.97. The van der Waals surface area contributed by atoms with Crippen LogP contribution in [-0.4, -0.2) is 38.5 Å². The van der Waals surface area contributed by atoms with Gasteiger partial charge in [0.15, 0.2) is 12.6 Å². The number of anilines is 2. The van der Waals surface area contributed by atoms with Crippen molar-refractivity contribution in [3.05, 3.63) is 226 Å². The average molecular weight is 1080 g/mol. The maximum atomic E-state index is 16.2. The Bertz CT molecular complexity index is 4210. The smallest absolute Gasteiger partial charge is 0.258 e. The third-order valence-electron chi connectivity index (χ3n) is 15.3. The largest absolute Gasteiger partial charge is 0.457 e. The number of aldehydes is 2. The van der Waals surface area contributed by atoms with Gasteiger partial charge in [-0.3, -0.25) is 19.2 Å². The van der Waals surface area contributed by atoms with Crippen molar-refractivity contribution in [2.75, 3.05) is 23.9 Å². The lowest BCUT2D eigenvalue weighted by Gasteiger charge is -2.29. The molecule has 10 nitrogen and oxygen atoms in total. The maximum absolute atomic E-state index is 16.2. The highest BCUT2D eigenvalue weighted by atomic mass is 16.5. The highest BCUT2D eigenvalue weighted by Crippen LogP contribution is 2.57. The SMILES string of the molecule is Cc1cccc(C(C)C)c1N(C)C(=O)c1cc(Oc2ccccc2)c2c3c(Oc4ccccc4)cc(C(=O)N(C)c4c(C(C)C)cccc4C(C)C)c4c(C=O)cc(Oc5ccccc5)c(c5c(Oc6ccccc6)cc(C=O)c1c52)c43. The fourth-order valence-electron chi connectivity index (χ4n) is 11.6. The molecule has 11 rings (SSSR count). The van der Waals surface area contributed by atoms with Crippen molar-refractivity contribution in [3.63, 3.8) is 0 Å². The summed E-state index contributed by atoms with van der Waals surface area (Å²) in [6.45, 7) is 14.6. The zero-order chi connectivity index (χ0) is 57.5. The third-order valence-corrected chi connectivity index (χ3v) is 15.3. The predicted octanol–water partition coefficient (Wildman–Crippen LogP) is 18.8. The molecule has 0 aliphatic heterocycles. The van der Waals surface area contributed by atoms with Gasteiger partial charge in [-0.2, -0.15) is 0 Å². The van der Waals surface area contributed by atoms with Gasteiger partial charge in [-0.15, -0.1) is 0 Å². The maximum Gasteiger partial charge on any atom is 0.258 e. The molecule has 0 saturated heterocycles. The number of fused-ring (bicyclic) bond motifs is 2. The molecule has 0 aliphatic rings. The molecule has 10 heteroatoms. The Morgan fingerprint density at radius 3 is 0.976 bits per heavy atom. The molecule has 82 heavy (non-hydrogen) atoms. The number of ether oxygens (including phenoxy) is 4. The lowest BCUT2D eigenvalue weighted by atomic mass is 9.82. The molecule has 0 heterocycles. The highest BCUT2D eigenvalue weighted by Gasteiger charge is 2.35. The van der Waals surface area contributed by atoms with Crippen LogP contribution in [-0.2, 0) is 0 Å². The standard InChI is InChI=1S/C72H62N2O8/c1-42(2)52-33-22-24-45(7)69(52)73(8)71(77)55-38-59(81-50-29-18-12-19-30-50)65-66-60(82-51-31-20-13-21-32-51)39-56(72(78)74(9)70-53(43(3)4)34-23-35-54(70)44(5)6)62-47(41-76)37-58(80-49-27-16-11-17-28-49)64(68(62)66)63-57(79-48-25-14-10-15-26-48)36-46(40-75)61(55)67(63)65/h10-44H,1-9H3. The first kappa shape index (κ1) is 54.2. The Hall–Kier alpha value is -9.80. The number of carbonyl (C=O) groups excluding carboxylic acids is 4. The van der Waals surface area contributed by atoms with E-state index in [9.17, 15) is 9.59 Å². The van der Waals surface area contributed by atoms with Crippen LogP contribution in [0.15, 0.2) is 182 Å². The molecule has 0 saturated carbocycles. The van der Waals surface area contributed by atoms with Crippen LogP contribution in [0.1, 0.15) is 123 Å². The molecule has 0 N–H and O–H groups in total. The molecule has 0 aliphatic carbocycles. The Kier molecular flexibility index (Phi) is 14.8.